The van der Waals surface area contributed by atoms with Crippen LogP contribution >= 0.6 is 11.6 Å². The maximum absolute atomic E-state index is 13.8. The molecule has 18 heavy (non-hydrogen) atoms. The zero-order chi connectivity index (χ0) is 13.3. The molecule has 1 aromatic carbocycles. The van der Waals surface area contributed by atoms with Gasteiger partial charge in [-0.2, -0.15) is 0 Å². The van der Waals surface area contributed by atoms with E-state index in [-0.39, 0.29) is 22.5 Å². The average Bonchev–Trinajstić information content (AvgIpc) is 2.35. The first kappa shape index (κ1) is 13.3. The molecule has 0 aromatic heterocycles. The van der Waals surface area contributed by atoms with Gasteiger partial charge in [0.1, 0.15) is 0 Å². The van der Waals surface area contributed by atoms with E-state index in [1.165, 1.54) is 12.1 Å². The van der Waals surface area contributed by atoms with Crippen LogP contribution in [0.3, 0.4) is 0 Å². The number of likely N-dealkylation sites (tertiary alicyclic amines) is 1. The highest BCUT2D eigenvalue weighted by Crippen LogP contribution is 2.22. The van der Waals surface area contributed by atoms with E-state index >= 15 is 0 Å². The smallest absolute Gasteiger partial charge is 0.256 e. The highest BCUT2D eigenvalue weighted by Gasteiger charge is 2.28. The van der Waals surface area contributed by atoms with Crippen molar-refractivity contribution in [1.29, 1.82) is 0 Å². The first-order chi connectivity index (χ1) is 8.50. The molecule has 0 spiro atoms. The van der Waals surface area contributed by atoms with Gasteiger partial charge in [0.25, 0.3) is 5.91 Å². The van der Waals surface area contributed by atoms with Crippen molar-refractivity contribution >= 4 is 17.5 Å². The summed E-state index contributed by atoms with van der Waals surface area (Å²) in [4.78, 5) is 13.8. The van der Waals surface area contributed by atoms with Crippen LogP contribution in [-0.2, 0) is 0 Å². The van der Waals surface area contributed by atoms with Gasteiger partial charge in [-0.05, 0) is 24.5 Å². The number of rotatable bonds is 1. The minimum atomic E-state index is -0.656. The maximum Gasteiger partial charge on any atom is 0.256 e. The van der Waals surface area contributed by atoms with Crippen molar-refractivity contribution in [3.8, 4) is 0 Å². The Morgan fingerprint density at radius 1 is 1.56 bits per heavy atom. The molecule has 1 aromatic rings. The van der Waals surface area contributed by atoms with E-state index in [0.29, 0.717) is 19.0 Å². The van der Waals surface area contributed by atoms with Gasteiger partial charge >= 0.3 is 0 Å². The van der Waals surface area contributed by atoms with Crippen molar-refractivity contribution in [2.45, 2.75) is 19.4 Å². The van der Waals surface area contributed by atoms with Crippen LogP contribution < -0.4 is 5.73 Å². The Labute approximate surface area is 111 Å². The molecular weight excluding hydrogens is 255 g/mol. The topological polar surface area (TPSA) is 46.3 Å². The van der Waals surface area contributed by atoms with Gasteiger partial charge in [-0.15, -0.1) is 0 Å². The van der Waals surface area contributed by atoms with Crippen LogP contribution in [0.2, 0.25) is 5.02 Å². The van der Waals surface area contributed by atoms with Crippen molar-refractivity contribution in [1.82, 2.24) is 4.90 Å². The highest BCUT2D eigenvalue weighted by molar-refractivity contribution is 6.31. The summed E-state index contributed by atoms with van der Waals surface area (Å²) in [6.07, 6.45) is 0.842. The fourth-order valence-electron chi connectivity index (χ4n) is 2.12. The lowest BCUT2D eigenvalue weighted by atomic mass is 9.94. The quantitative estimate of drug-likeness (QED) is 0.851. The second-order valence-corrected chi connectivity index (χ2v) is 5.19. The Morgan fingerprint density at radius 2 is 2.28 bits per heavy atom. The van der Waals surface area contributed by atoms with E-state index in [2.05, 4.69) is 6.92 Å². The molecule has 1 fully saturated rings. The fourth-order valence-corrected chi connectivity index (χ4v) is 2.30. The Bertz CT molecular complexity index is 466. The van der Waals surface area contributed by atoms with Gasteiger partial charge in [-0.25, -0.2) is 4.39 Å². The largest absolute Gasteiger partial charge is 0.337 e. The van der Waals surface area contributed by atoms with Gasteiger partial charge in [0.15, 0.2) is 5.82 Å². The number of hydrogen-bond donors (Lipinski definition) is 1. The van der Waals surface area contributed by atoms with E-state index in [1.807, 2.05) is 0 Å². The van der Waals surface area contributed by atoms with Crippen molar-refractivity contribution in [3.05, 3.63) is 34.6 Å². The van der Waals surface area contributed by atoms with Crippen molar-refractivity contribution < 1.29 is 9.18 Å². The molecule has 0 radical (unpaired) electrons. The molecule has 5 heteroatoms. The SMILES string of the molecule is CC1CCN(C(=O)c2cccc(Cl)c2F)CC1N. The van der Waals surface area contributed by atoms with Crippen LogP contribution in [0.4, 0.5) is 4.39 Å². The Kier molecular flexibility index (Phi) is 3.88. The van der Waals surface area contributed by atoms with Crippen molar-refractivity contribution in [2.24, 2.45) is 11.7 Å². The third kappa shape index (κ3) is 2.49. The van der Waals surface area contributed by atoms with E-state index in [4.69, 9.17) is 17.3 Å². The van der Waals surface area contributed by atoms with E-state index in [0.717, 1.165) is 6.42 Å². The number of halogens is 2. The van der Waals surface area contributed by atoms with Crippen LogP contribution in [-0.4, -0.2) is 29.9 Å². The summed E-state index contributed by atoms with van der Waals surface area (Å²) in [5.41, 5.74) is 5.96. The standard InChI is InChI=1S/C13H16ClFN2O/c1-8-5-6-17(7-11(8)16)13(18)9-3-2-4-10(14)12(9)15/h2-4,8,11H,5-7,16H2,1H3. The third-order valence-electron chi connectivity index (χ3n) is 3.49. The van der Waals surface area contributed by atoms with Crippen molar-refractivity contribution in [2.75, 3.05) is 13.1 Å². The van der Waals surface area contributed by atoms with Gasteiger partial charge in [-0.3, -0.25) is 4.79 Å². The summed E-state index contributed by atoms with van der Waals surface area (Å²) in [6, 6.07) is 4.40. The number of piperidine rings is 1. The van der Waals surface area contributed by atoms with Crippen LogP contribution in [0.1, 0.15) is 23.7 Å². The number of benzene rings is 1. The Hall–Kier alpha value is -1.13. The van der Waals surface area contributed by atoms with Gasteiger partial charge in [-0.1, -0.05) is 24.6 Å². The third-order valence-corrected chi connectivity index (χ3v) is 3.78. The second-order valence-electron chi connectivity index (χ2n) is 4.78. The van der Waals surface area contributed by atoms with Gasteiger partial charge < -0.3 is 10.6 Å². The minimum Gasteiger partial charge on any atom is -0.337 e. The number of carbonyl (C=O) groups excluding carboxylic acids is 1. The molecule has 0 aliphatic carbocycles. The fraction of sp³-hybridized carbons (Fsp3) is 0.462. The molecule has 1 aliphatic rings. The lowest BCUT2D eigenvalue weighted by Crippen LogP contribution is -2.49. The minimum absolute atomic E-state index is 0.0178. The van der Waals surface area contributed by atoms with Crippen molar-refractivity contribution in [3.63, 3.8) is 0 Å². The second kappa shape index (κ2) is 5.24. The molecule has 98 valence electrons. The molecule has 1 heterocycles. The molecule has 2 atom stereocenters. The number of carbonyl (C=O) groups is 1. The highest BCUT2D eigenvalue weighted by atomic mass is 35.5. The monoisotopic (exact) mass is 270 g/mol. The van der Waals surface area contributed by atoms with Crippen LogP contribution in [0.15, 0.2) is 18.2 Å². The van der Waals surface area contributed by atoms with E-state index < -0.39 is 5.82 Å². The van der Waals surface area contributed by atoms with Gasteiger partial charge in [0, 0.05) is 19.1 Å². The maximum atomic E-state index is 13.8. The predicted molar refractivity (Wildman–Crippen MR) is 69.1 cm³/mol. The number of nitrogens with two attached hydrogens (primary N) is 1. The Morgan fingerprint density at radius 3 is 2.94 bits per heavy atom. The summed E-state index contributed by atoms with van der Waals surface area (Å²) < 4.78 is 13.8. The summed E-state index contributed by atoms with van der Waals surface area (Å²) in [5.74, 6) is -0.605. The van der Waals surface area contributed by atoms with Crippen LogP contribution in [0.25, 0.3) is 0 Å². The number of nitrogens with zero attached hydrogens (tertiary/aromatic N) is 1. The lowest BCUT2D eigenvalue weighted by molar-refractivity contribution is 0.0667. The van der Waals surface area contributed by atoms with E-state index in [9.17, 15) is 9.18 Å². The summed E-state index contributed by atoms with van der Waals surface area (Å²) in [5, 5.41) is -0.0319. The summed E-state index contributed by atoms with van der Waals surface area (Å²) in [6.45, 7) is 3.14. The lowest BCUT2D eigenvalue weighted by Gasteiger charge is -2.35. The summed E-state index contributed by atoms with van der Waals surface area (Å²) >= 11 is 5.68. The molecule has 3 nitrogen and oxygen atoms in total. The Balaban J connectivity index is 2.19. The molecule has 1 amide bonds. The molecule has 1 aliphatic heterocycles. The molecule has 2 rings (SSSR count). The zero-order valence-electron chi connectivity index (χ0n) is 10.2. The molecule has 1 saturated heterocycles. The molecular formula is C13H16ClFN2O. The predicted octanol–water partition coefficient (Wildman–Crippen LogP) is 2.29. The van der Waals surface area contributed by atoms with Crippen LogP contribution in [0, 0.1) is 11.7 Å². The van der Waals surface area contributed by atoms with Gasteiger partial charge in [0.05, 0.1) is 10.6 Å². The number of amides is 1. The summed E-state index contributed by atoms with van der Waals surface area (Å²) in [7, 11) is 0. The van der Waals surface area contributed by atoms with Gasteiger partial charge in [0.2, 0.25) is 0 Å². The number of hydrogen-bond acceptors (Lipinski definition) is 2. The molecule has 0 bridgehead atoms. The first-order valence-electron chi connectivity index (χ1n) is 5.99. The zero-order valence-corrected chi connectivity index (χ0v) is 11.0. The normalized spacial score (nSPS) is 24.1. The molecule has 2 N–H and O–H groups in total. The molecule has 0 saturated carbocycles. The van der Waals surface area contributed by atoms with Crippen LogP contribution in [0.5, 0.6) is 0 Å². The molecule has 2 unspecified atom stereocenters. The average molecular weight is 271 g/mol. The first-order valence-corrected chi connectivity index (χ1v) is 6.37. The van der Waals surface area contributed by atoms with E-state index in [1.54, 1.807) is 11.0 Å².